The van der Waals surface area contributed by atoms with Gasteiger partial charge in [0.25, 0.3) is 0 Å². The minimum absolute atomic E-state index is 0.264. The van der Waals surface area contributed by atoms with Crippen LogP contribution >= 0.6 is 0 Å². The quantitative estimate of drug-likeness (QED) is 0.722. The zero-order chi connectivity index (χ0) is 9.90. The van der Waals surface area contributed by atoms with Crippen LogP contribution in [0.1, 0.15) is 5.56 Å². The second kappa shape index (κ2) is 3.73. The van der Waals surface area contributed by atoms with Gasteiger partial charge >= 0.3 is 10.2 Å². The Balaban J connectivity index is 3.20. The third kappa shape index (κ3) is 2.41. The van der Waals surface area contributed by atoms with Gasteiger partial charge in [-0.25, -0.2) is 0 Å². The average Bonchev–Trinajstić information content (AvgIpc) is 2.04. The second-order valence-electron chi connectivity index (χ2n) is 2.43. The van der Waals surface area contributed by atoms with Gasteiger partial charge in [0, 0.05) is 0 Å². The van der Waals surface area contributed by atoms with Crippen molar-refractivity contribution in [2.75, 3.05) is 6.54 Å². The molecule has 0 atom stereocenters. The Labute approximate surface area is 76.6 Å². The summed E-state index contributed by atoms with van der Waals surface area (Å²) >= 11 is 0. The summed E-state index contributed by atoms with van der Waals surface area (Å²) < 4.78 is 33.7. The summed E-state index contributed by atoms with van der Waals surface area (Å²) in [5, 5.41) is 0. The summed E-state index contributed by atoms with van der Waals surface area (Å²) in [5.74, 6) is 0. The van der Waals surface area contributed by atoms with Gasteiger partial charge in [0.1, 0.15) is 0 Å². The van der Waals surface area contributed by atoms with Crippen molar-refractivity contribution in [3.8, 4) is 0 Å². The first-order chi connectivity index (χ1) is 6.05. The van der Waals surface area contributed by atoms with Crippen molar-refractivity contribution in [2.24, 2.45) is 5.73 Å². The predicted molar refractivity (Wildman–Crippen MR) is 45.2 cm³/mol. The van der Waals surface area contributed by atoms with E-state index in [1.54, 1.807) is 0 Å². The molecule has 0 saturated heterocycles. The molecule has 5 heteroatoms. The van der Waals surface area contributed by atoms with E-state index in [2.05, 4.69) is 12.1 Å². The summed E-state index contributed by atoms with van der Waals surface area (Å²) in [6.07, 6.45) is 0.309. The van der Waals surface area contributed by atoms with Gasteiger partial charge in [0.05, 0.1) is 0 Å². The van der Waals surface area contributed by atoms with Crippen molar-refractivity contribution in [2.45, 2.75) is 11.3 Å². The van der Waals surface area contributed by atoms with Crippen LogP contribution in [-0.2, 0) is 16.6 Å². The van der Waals surface area contributed by atoms with Gasteiger partial charge in [-0.15, -0.1) is 0 Å². The molecule has 0 aliphatic carbocycles. The fraction of sp³-hybridized carbons (Fsp3) is 0.250. The molecular formula is C8H8FNO2S. The predicted octanol–water partition coefficient (Wildman–Crippen LogP) is 0.446. The smallest absolute Gasteiger partial charge is 0.330 e. The topological polar surface area (TPSA) is 60.2 Å². The van der Waals surface area contributed by atoms with Gasteiger partial charge in [0.15, 0.2) is 4.90 Å². The molecule has 0 radical (unpaired) electrons. The number of nitrogens with two attached hydrogens (primary N) is 1. The third-order valence-corrected chi connectivity index (χ3v) is 2.35. The van der Waals surface area contributed by atoms with E-state index >= 15 is 0 Å². The van der Waals surface area contributed by atoms with Gasteiger partial charge < -0.3 is 5.73 Å². The fourth-order valence-electron chi connectivity index (χ4n) is 0.975. The standard InChI is InChI=1S/C8H8FNO2S/c9-13(11,12)8-4-2-1-3-7(8)5-6-10/h1,3H,5-6,10H2. The summed E-state index contributed by atoms with van der Waals surface area (Å²) in [6, 6.07) is 7.54. The van der Waals surface area contributed by atoms with Crippen LogP contribution < -0.4 is 5.73 Å². The molecule has 0 bridgehead atoms. The van der Waals surface area contributed by atoms with Crippen molar-refractivity contribution in [1.29, 1.82) is 0 Å². The van der Waals surface area contributed by atoms with Gasteiger partial charge in [-0.05, 0) is 36.7 Å². The van der Waals surface area contributed by atoms with Gasteiger partial charge in [-0.1, -0.05) is 9.95 Å². The first kappa shape index (κ1) is 9.96. The van der Waals surface area contributed by atoms with Crippen LogP contribution in [0.25, 0.3) is 0 Å². The Morgan fingerprint density at radius 1 is 1.54 bits per heavy atom. The van der Waals surface area contributed by atoms with E-state index in [9.17, 15) is 12.3 Å². The molecule has 0 saturated carbocycles. The van der Waals surface area contributed by atoms with Crippen LogP contribution in [-0.4, -0.2) is 15.0 Å². The van der Waals surface area contributed by atoms with Crippen LogP contribution in [0.5, 0.6) is 0 Å². The molecule has 2 N–H and O–H groups in total. The van der Waals surface area contributed by atoms with Crippen molar-refractivity contribution in [3.63, 3.8) is 0 Å². The first-order valence-electron chi connectivity index (χ1n) is 3.61. The molecule has 0 aliphatic heterocycles. The Bertz CT molecular complexity index is 389. The molecule has 1 aromatic carbocycles. The maximum atomic E-state index is 12.6. The van der Waals surface area contributed by atoms with Crippen molar-refractivity contribution < 1.29 is 12.3 Å². The largest absolute Gasteiger partial charge is 0.340 e. The summed E-state index contributed by atoms with van der Waals surface area (Å²) in [7, 11) is -4.70. The molecule has 0 fully saturated rings. The Morgan fingerprint density at radius 3 is 2.77 bits per heavy atom. The summed E-state index contributed by atoms with van der Waals surface area (Å²) in [6.45, 7) is 0.264. The van der Waals surface area contributed by atoms with Crippen LogP contribution in [0.15, 0.2) is 17.0 Å². The van der Waals surface area contributed by atoms with E-state index in [-0.39, 0.29) is 6.54 Å². The minimum Gasteiger partial charge on any atom is -0.330 e. The molecule has 0 aromatic heterocycles. The molecule has 1 aromatic rings. The van der Waals surface area contributed by atoms with Crippen molar-refractivity contribution in [3.05, 3.63) is 29.8 Å². The minimum atomic E-state index is -4.70. The lowest BCUT2D eigenvalue weighted by Crippen LogP contribution is -2.06. The lowest BCUT2D eigenvalue weighted by atomic mass is 10.2. The molecule has 0 spiro atoms. The van der Waals surface area contributed by atoms with Gasteiger partial charge in [-0.2, -0.15) is 8.42 Å². The highest BCUT2D eigenvalue weighted by Gasteiger charge is 2.15. The average molecular weight is 201 g/mol. The normalized spacial score (nSPS) is 10.9. The highest BCUT2D eigenvalue weighted by Crippen LogP contribution is 2.14. The Kier molecular flexibility index (Phi) is 2.86. The van der Waals surface area contributed by atoms with Crippen LogP contribution in [0.3, 0.4) is 0 Å². The SMILES string of the molecule is NCCc1ccc#cc1S(=O)(=O)F. The fourth-order valence-corrected chi connectivity index (χ4v) is 1.64. The van der Waals surface area contributed by atoms with E-state index < -0.39 is 15.1 Å². The molecule has 13 heavy (non-hydrogen) atoms. The zero-order valence-corrected chi connectivity index (χ0v) is 7.57. The zero-order valence-electron chi connectivity index (χ0n) is 6.75. The van der Waals surface area contributed by atoms with Crippen LogP contribution in [0.2, 0.25) is 0 Å². The first-order valence-corrected chi connectivity index (χ1v) is 5.00. The highest BCUT2D eigenvalue weighted by atomic mass is 32.3. The van der Waals surface area contributed by atoms with E-state index in [4.69, 9.17) is 5.73 Å². The monoisotopic (exact) mass is 201 g/mol. The lowest BCUT2D eigenvalue weighted by molar-refractivity contribution is 0.551. The molecule has 0 amide bonds. The highest BCUT2D eigenvalue weighted by molar-refractivity contribution is 7.86. The van der Waals surface area contributed by atoms with Crippen LogP contribution in [0, 0.1) is 12.1 Å². The molecular weight excluding hydrogens is 193 g/mol. The Morgan fingerprint density at radius 2 is 2.23 bits per heavy atom. The number of hydrogen-bond acceptors (Lipinski definition) is 3. The van der Waals surface area contributed by atoms with E-state index in [1.165, 1.54) is 12.1 Å². The van der Waals surface area contributed by atoms with Crippen molar-refractivity contribution >= 4 is 10.2 Å². The van der Waals surface area contributed by atoms with Gasteiger partial charge in [0.2, 0.25) is 0 Å². The van der Waals surface area contributed by atoms with E-state index in [0.29, 0.717) is 12.0 Å². The summed E-state index contributed by atoms with van der Waals surface area (Å²) in [4.78, 5) is -0.458. The lowest BCUT2D eigenvalue weighted by Gasteiger charge is -1.99. The molecule has 70 valence electrons. The molecule has 0 aliphatic rings. The maximum absolute atomic E-state index is 12.6. The second-order valence-corrected chi connectivity index (χ2v) is 3.72. The number of rotatable bonds is 3. The Hall–Kier alpha value is -1.12. The molecule has 1 rings (SSSR count). The van der Waals surface area contributed by atoms with E-state index in [1.807, 2.05) is 0 Å². The number of halogens is 1. The molecule has 0 heterocycles. The maximum Gasteiger partial charge on any atom is 0.340 e. The van der Waals surface area contributed by atoms with E-state index in [0.717, 1.165) is 0 Å². The van der Waals surface area contributed by atoms with Crippen LogP contribution in [0.4, 0.5) is 3.89 Å². The molecule has 0 unspecified atom stereocenters. The van der Waals surface area contributed by atoms with Gasteiger partial charge in [-0.3, -0.25) is 0 Å². The number of hydrogen-bond donors (Lipinski definition) is 1. The third-order valence-electron chi connectivity index (χ3n) is 1.50. The summed E-state index contributed by atoms with van der Waals surface area (Å²) in [5.41, 5.74) is 5.57. The molecule has 3 nitrogen and oxygen atoms in total. The van der Waals surface area contributed by atoms with Crippen molar-refractivity contribution in [1.82, 2.24) is 0 Å².